The second-order valence-corrected chi connectivity index (χ2v) is 7.22. The molecule has 2 unspecified atom stereocenters. The summed E-state index contributed by atoms with van der Waals surface area (Å²) in [6.07, 6.45) is 0.109. The molecule has 0 saturated carbocycles. The summed E-state index contributed by atoms with van der Waals surface area (Å²) in [6, 6.07) is 13.9. The van der Waals surface area contributed by atoms with Crippen molar-refractivity contribution in [3.8, 4) is 0 Å². The highest BCUT2D eigenvalue weighted by Gasteiger charge is 2.42. The third-order valence-corrected chi connectivity index (χ3v) is 5.40. The molecule has 6 nitrogen and oxygen atoms in total. The third kappa shape index (κ3) is 3.06. The van der Waals surface area contributed by atoms with Gasteiger partial charge in [-0.05, 0) is 35.9 Å². The molecule has 0 radical (unpaired) electrons. The minimum absolute atomic E-state index is 0.0964. The first-order valence-corrected chi connectivity index (χ1v) is 9.02. The lowest BCUT2D eigenvalue weighted by Gasteiger charge is -2.22. The van der Waals surface area contributed by atoms with Crippen molar-refractivity contribution >= 4 is 40.8 Å². The van der Waals surface area contributed by atoms with Crippen LogP contribution in [0.15, 0.2) is 48.5 Å². The Labute approximate surface area is 160 Å². The van der Waals surface area contributed by atoms with Crippen LogP contribution < -0.4 is 9.80 Å². The number of rotatable bonds is 3. The minimum atomic E-state index is -0.956. The fourth-order valence-electron chi connectivity index (χ4n) is 3.79. The van der Waals surface area contributed by atoms with E-state index in [1.54, 1.807) is 53.4 Å². The van der Waals surface area contributed by atoms with Gasteiger partial charge in [-0.3, -0.25) is 14.4 Å². The zero-order valence-corrected chi connectivity index (χ0v) is 15.1. The predicted octanol–water partition coefficient (Wildman–Crippen LogP) is 2.91. The number of hydrogen-bond acceptors (Lipinski definition) is 3. The molecule has 2 aliphatic rings. The van der Waals surface area contributed by atoms with E-state index < -0.39 is 17.8 Å². The van der Waals surface area contributed by atoms with Crippen LogP contribution in [-0.2, 0) is 14.4 Å². The SMILES string of the molecule is O=C(O)C1CN(C(=O)C2CC(=O)N(c3ccc(Cl)cc3)C2)c2ccccc21. The summed E-state index contributed by atoms with van der Waals surface area (Å²) in [5, 5.41) is 10.0. The predicted molar refractivity (Wildman–Crippen MR) is 101 cm³/mol. The van der Waals surface area contributed by atoms with Crippen molar-refractivity contribution in [3.63, 3.8) is 0 Å². The highest BCUT2D eigenvalue weighted by Crippen LogP contribution is 2.38. The lowest BCUT2D eigenvalue weighted by atomic mass is 10.0. The van der Waals surface area contributed by atoms with E-state index >= 15 is 0 Å². The molecule has 0 spiro atoms. The summed E-state index contributed by atoms with van der Waals surface area (Å²) in [5.41, 5.74) is 1.95. The quantitative estimate of drug-likeness (QED) is 0.882. The molecular weight excluding hydrogens is 368 g/mol. The van der Waals surface area contributed by atoms with Gasteiger partial charge < -0.3 is 14.9 Å². The van der Waals surface area contributed by atoms with Crippen LogP contribution in [0.2, 0.25) is 5.02 Å². The first-order chi connectivity index (χ1) is 13.0. The molecule has 2 heterocycles. The lowest BCUT2D eigenvalue weighted by Crippen LogP contribution is -2.37. The maximum Gasteiger partial charge on any atom is 0.312 e. The van der Waals surface area contributed by atoms with Gasteiger partial charge in [0.2, 0.25) is 11.8 Å². The molecule has 2 amide bonds. The van der Waals surface area contributed by atoms with E-state index in [2.05, 4.69) is 0 Å². The number of carbonyl (C=O) groups is 3. The van der Waals surface area contributed by atoms with Gasteiger partial charge in [0.25, 0.3) is 0 Å². The largest absolute Gasteiger partial charge is 0.481 e. The van der Waals surface area contributed by atoms with Gasteiger partial charge in [0.05, 0.1) is 5.92 Å². The molecule has 2 aromatic rings. The number of nitrogens with zero attached hydrogens (tertiary/aromatic N) is 2. The van der Waals surface area contributed by atoms with Gasteiger partial charge >= 0.3 is 5.97 Å². The summed E-state index contributed by atoms with van der Waals surface area (Å²) in [7, 11) is 0. The Kier molecular flexibility index (Phi) is 4.36. The molecule has 7 heteroatoms. The Morgan fingerprint density at radius 2 is 1.74 bits per heavy atom. The average molecular weight is 385 g/mol. The van der Waals surface area contributed by atoms with Crippen LogP contribution in [0.4, 0.5) is 11.4 Å². The Balaban J connectivity index is 1.56. The van der Waals surface area contributed by atoms with Crippen LogP contribution in [0, 0.1) is 5.92 Å². The van der Waals surface area contributed by atoms with Gasteiger partial charge in [0.1, 0.15) is 5.92 Å². The van der Waals surface area contributed by atoms with Crippen LogP contribution in [0.3, 0.4) is 0 Å². The van der Waals surface area contributed by atoms with Gasteiger partial charge in [-0.15, -0.1) is 0 Å². The zero-order chi connectivity index (χ0) is 19.1. The Morgan fingerprint density at radius 1 is 1.04 bits per heavy atom. The Morgan fingerprint density at radius 3 is 2.44 bits per heavy atom. The number of aliphatic carboxylic acids is 1. The maximum absolute atomic E-state index is 13.1. The molecule has 0 bridgehead atoms. The van der Waals surface area contributed by atoms with Gasteiger partial charge in [0.15, 0.2) is 0 Å². The molecule has 2 atom stereocenters. The summed E-state index contributed by atoms with van der Waals surface area (Å²) < 4.78 is 0. The molecule has 138 valence electrons. The molecule has 1 saturated heterocycles. The second kappa shape index (κ2) is 6.70. The first kappa shape index (κ1) is 17.5. The number of carbonyl (C=O) groups excluding carboxylic acids is 2. The normalized spacial score (nSPS) is 21.4. The molecule has 27 heavy (non-hydrogen) atoms. The fraction of sp³-hybridized carbons (Fsp3) is 0.250. The smallest absolute Gasteiger partial charge is 0.312 e. The van der Waals surface area contributed by atoms with E-state index in [0.29, 0.717) is 22.0 Å². The molecule has 0 aromatic heterocycles. The van der Waals surface area contributed by atoms with Crippen LogP contribution in [0.1, 0.15) is 17.9 Å². The van der Waals surface area contributed by atoms with E-state index in [0.717, 1.165) is 0 Å². The molecule has 1 N–H and O–H groups in total. The number of halogens is 1. The van der Waals surface area contributed by atoms with Crippen LogP contribution >= 0.6 is 11.6 Å². The van der Waals surface area contributed by atoms with Gasteiger partial charge in [-0.25, -0.2) is 0 Å². The minimum Gasteiger partial charge on any atom is -0.481 e. The summed E-state index contributed by atoms with van der Waals surface area (Å²) >= 11 is 5.89. The van der Waals surface area contributed by atoms with Crippen molar-refractivity contribution in [1.29, 1.82) is 0 Å². The van der Waals surface area contributed by atoms with Crippen LogP contribution in [0.25, 0.3) is 0 Å². The second-order valence-electron chi connectivity index (χ2n) is 6.78. The third-order valence-electron chi connectivity index (χ3n) is 5.14. The van der Waals surface area contributed by atoms with Crippen molar-refractivity contribution in [2.24, 2.45) is 5.92 Å². The number of benzene rings is 2. The zero-order valence-electron chi connectivity index (χ0n) is 14.3. The van der Waals surface area contributed by atoms with Crippen molar-refractivity contribution in [2.45, 2.75) is 12.3 Å². The molecule has 4 rings (SSSR count). The first-order valence-electron chi connectivity index (χ1n) is 8.64. The van der Waals surface area contributed by atoms with Crippen LogP contribution in [0.5, 0.6) is 0 Å². The van der Waals surface area contributed by atoms with E-state index in [9.17, 15) is 19.5 Å². The van der Waals surface area contributed by atoms with Crippen LogP contribution in [-0.4, -0.2) is 36.0 Å². The Bertz CT molecular complexity index is 928. The number of amides is 2. The highest BCUT2D eigenvalue weighted by atomic mass is 35.5. The fourth-order valence-corrected chi connectivity index (χ4v) is 3.92. The number of hydrogen-bond donors (Lipinski definition) is 1. The lowest BCUT2D eigenvalue weighted by molar-refractivity contribution is -0.138. The van der Waals surface area contributed by atoms with Crippen molar-refractivity contribution in [1.82, 2.24) is 0 Å². The molecule has 0 aliphatic carbocycles. The van der Waals surface area contributed by atoms with Gasteiger partial charge in [-0.2, -0.15) is 0 Å². The van der Waals surface area contributed by atoms with E-state index in [4.69, 9.17) is 11.6 Å². The van der Waals surface area contributed by atoms with Crippen molar-refractivity contribution in [2.75, 3.05) is 22.9 Å². The molecule has 1 fully saturated rings. The summed E-state index contributed by atoms with van der Waals surface area (Å²) in [6.45, 7) is 0.370. The van der Waals surface area contributed by atoms with E-state index in [1.165, 1.54) is 4.90 Å². The van der Waals surface area contributed by atoms with Crippen molar-refractivity contribution in [3.05, 3.63) is 59.1 Å². The number of para-hydroxylation sites is 1. The molecular formula is C20H17ClN2O4. The standard InChI is InChI=1S/C20H17ClN2O4/c21-13-5-7-14(8-6-13)22-10-12(9-18(22)24)19(25)23-11-16(20(26)27)15-3-1-2-4-17(15)23/h1-8,12,16H,9-11H2,(H,26,27). The Hall–Kier alpha value is -2.86. The topological polar surface area (TPSA) is 77.9 Å². The number of anilines is 2. The number of carboxylic acid groups (broad SMARTS) is 1. The molecule has 2 aromatic carbocycles. The average Bonchev–Trinajstić information content (AvgIpc) is 3.23. The van der Waals surface area contributed by atoms with Gasteiger partial charge in [-0.1, -0.05) is 29.8 Å². The van der Waals surface area contributed by atoms with E-state index in [-0.39, 0.29) is 31.3 Å². The molecule has 2 aliphatic heterocycles. The van der Waals surface area contributed by atoms with Crippen molar-refractivity contribution < 1.29 is 19.5 Å². The monoisotopic (exact) mass is 384 g/mol. The number of fused-ring (bicyclic) bond motifs is 1. The van der Waals surface area contributed by atoms with Gasteiger partial charge in [0, 0.05) is 35.9 Å². The summed E-state index contributed by atoms with van der Waals surface area (Å²) in [5.74, 6) is -2.54. The summed E-state index contributed by atoms with van der Waals surface area (Å²) in [4.78, 5) is 40.2. The maximum atomic E-state index is 13.1. The van der Waals surface area contributed by atoms with E-state index in [1.807, 2.05) is 0 Å². The highest BCUT2D eigenvalue weighted by molar-refractivity contribution is 6.30. The number of carboxylic acids is 1.